The second kappa shape index (κ2) is 6.92. The van der Waals surface area contributed by atoms with E-state index in [2.05, 4.69) is 5.32 Å². The highest BCUT2D eigenvalue weighted by Gasteiger charge is 2.23. The SMILES string of the molecule is CCCOc1cc(NC(C)(C)CC(=O)O)ccc1[N+](=O)[O-]. The van der Waals surface area contributed by atoms with Gasteiger partial charge in [0.15, 0.2) is 5.75 Å². The fraction of sp³-hybridized carbons (Fsp3) is 0.500. The van der Waals surface area contributed by atoms with Gasteiger partial charge in [-0.15, -0.1) is 0 Å². The summed E-state index contributed by atoms with van der Waals surface area (Å²) < 4.78 is 5.39. The quantitative estimate of drug-likeness (QED) is 0.564. The van der Waals surface area contributed by atoms with E-state index in [4.69, 9.17) is 9.84 Å². The molecule has 1 rings (SSSR count). The highest BCUT2D eigenvalue weighted by atomic mass is 16.6. The number of hydrogen-bond acceptors (Lipinski definition) is 5. The summed E-state index contributed by atoms with van der Waals surface area (Å²) in [4.78, 5) is 21.3. The summed E-state index contributed by atoms with van der Waals surface area (Å²) in [6.07, 6.45) is 0.661. The topological polar surface area (TPSA) is 102 Å². The number of benzene rings is 1. The van der Waals surface area contributed by atoms with E-state index < -0.39 is 16.4 Å². The highest BCUT2D eigenvalue weighted by Crippen LogP contribution is 2.31. The van der Waals surface area contributed by atoms with Crippen molar-refractivity contribution in [3.8, 4) is 5.75 Å². The van der Waals surface area contributed by atoms with Gasteiger partial charge in [0, 0.05) is 23.4 Å². The van der Waals surface area contributed by atoms with Gasteiger partial charge in [0.1, 0.15) is 0 Å². The summed E-state index contributed by atoms with van der Waals surface area (Å²) in [7, 11) is 0. The monoisotopic (exact) mass is 296 g/mol. The second-order valence-electron chi connectivity index (χ2n) is 5.37. The van der Waals surface area contributed by atoms with E-state index in [0.29, 0.717) is 12.3 Å². The van der Waals surface area contributed by atoms with Crippen LogP contribution in [0.25, 0.3) is 0 Å². The van der Waals surface area contributed by atoms with Gasteiger partial charge in [-0.2, -0.15) is 0 Å². The van der Waals surface area contributed by atoms with Gasteiger partial charge in [0.25, 0.3) is 0 Å². The summed E-state index contributed by atoms with van der Waals surface area (Å²) in [5.41, 5.74) is -0.202. The second-order valence-corrected chi connectivity index (χ2v) is 5.37. The number of hydrogen-bond donors (Lipinski definition) is 2. The van der Waals surface area contributed by atoms with Crippen LogP contribution in [0.1, 0.15) is 33.6 Å². The standard InChI is InChI=1S/C14H20N2O5/c1-4-7-21-12-8-10(5-6-11(12)16(19)20)15-14(2,3)9-13(17)18/h5-6,8,15H,4,7,9H2,1-3H3,(H,17,18). The van der Waals surface area contributed by atoms with Crippen LogP contribution in [0, 0.1) is 10.1 Å². The third-order valence-corrected chi connectivity index (χ3v) is 2.69. The van der Waals surface area contributed by atoms with Crippen molar-refractivity contribution >= 4 is 17.3 Å². The zero-order chi connectivity index (χ0) is 16.0. The molecule has 2 N–H and O–H groups in total. The van der Waals surface area contributed by atoms with Crippen molar-refractivity contribution in [2.24, 2.45) is 0 Å². The molecule has 0 aliphatic heterocycles. The Morgan fingerprint density at radius 3 is 2.67 bits per heavy atom. The summed E-state index contributed by atoms with van der Waals surface area (Å²) in [5, 5.41) is 22.9. The van der Waals surface area contributed by atoms with Gasteiger partial charge in [-0.05, 0) is 26.3 Å². The van der Waals surface area contributed by atoms with Crippen molar-refractivity contribution in [2.75, 3.05) is 11.9 Å². The average Bonchev–Trinajstić information content (AvgIpc) is 2.33. The third-order valence-electron chi connectivity index (χ3n) is 2.69. The summed E-state index contributed by atoms with van der Waals surface area (Å²) >= 11 is 0. The first kappa shape index (κ1) is 16.7. The molecule has 0 unspecified atom stereocenters. The Hall–Kier alpha value is -2.31. The summed E-state index contributed by atoms with van der Waals surface area (Å²) in [6, 6.07) is 4.42. The van der Waals surface area contributed by atoms with Crippen molar-refractivity contribution in [3.63, 3.8) is 0 Å². The molecule has 7 heteroatoms. The number of nitro groups is 1. The molecule has 0 saturated carbocycles. The van der Waals surface area contributed by atoms with Crippen LogP contribution >= 0.6 is 0 Å². The van der Waals surface area contributed by atoms with Crippen LogP contribution in [-0.2, 0) is 4.79 Å². The number of nitrogens with one attached hydrogen (secondary N) is 1. The Balaban J connectivity index is 2.98. The van der Waals surface area contributed by atoms with E-state index in [1.807, 2.05) is 6.92 Å². The van der Waals surface area contributed by atoms with Gasteiger partial charge in [0.05, 0.1) is 18.0 Å². The molecular formula is C14H20N2O5. The lowest BCUT2D eigenvalue weighted by Gasteiger charge is -2.25. The minimum Gasteiger partial charge on any atom is -0.487 e. The number of nitrogens with zero attached hydrogens (tertiary/aromatic N) is 1. The van der Waals surface area contributed by atoms with Gasteiger partial charge in [0.2, 0.25) is 0 Å². The fourth-order valence-electron chi connectivity index (χ4n) is 1.88. The minimum atomic E-state index is -0.920. The van der Waals surface area contributed by atoms with Crippen molar-refractivity contribution in [1.29, 1.82) is 0 Å². The number of ether oxygens (including phenoxy) is 1. The van der Waals surface area contributed by atoms with Crippen LogP contribution in [0.4, 0.5) is 11.4 Å². The minimum absolute atomic E-state index is 0.0743. The molecule has 1 aromatic rings. The maximum atomic E-state index is 11.0. The van der Waals surface area contributed by atoms with Gasteiger partial charge in [-0.3, -0.25) is 14.9 Å². The number of nitro benzene ring substituents is 1. The Morgan fingerprint density at radius 1 is 1.48 bits per heavy atom. The Morgan fingerprint density at radius 2 is 2.14 bits per heavy atom. The van der Waals surface area contributed by atoms with E-state index in [9.17, 15) is 14.9 Å². The molecule has 7 nitrogen and oxygen atoms in total. The molecule has 0 aromatic heterocycles. The largest absolute Gasteiger partial charge is 0.487 e. The molecule has 0 atom stereocenters. The molecule has 0 bridgehead atoms. The highest BCUT2D eigenvalue weighted by molar-refractivity contribution is 5.69. The predicted molar refractivity (Wildman–Crippen MR) is 78.8 cm³/mol. The van der Waals surface area contributed by atoms with Gasteiger partial charge < -0.3 is 15.2 Å². The first-order valence-electron chi connectivity index (χ1n) is 6.66. The zero-order valence-electron chi connectivity index (χ0n) is 12.4. The van der Waals surface area contributed by atoms with Gasteiger partial charge in [-0.25, -0.2) is 0 Å². The molecule has 0 saturated heterocycles. The molecule has 0 aliphatic carbocycles. The summed E-state index contributed by atoms with van der Waals surface area (Å²) in [5.74, 6) is -0.741. The van der Waals surface area contributed by atoms with Crippen LogP contribution in [0.2, 0.25) is 0 Å². The van der Waals surface area contributed by atoms with E-state index in [-0.39, 0.29) is 17.9 Å². The van der Waals surface area contributed by atoms with Crippen molar-refractivity contribution in [3.05, 3.63) is 28.3 Å². The number of carboxylic acid groups (broad SMARTS) is 1. The van der Waals surface area contributed by atoms with Gasteiger partial charge in [-0.1, -0.05) is 6.92 Å². The lowest BCUT2D eigenvalue weighted by Crippen LogP contribution is -2.33. The molecule has 0 spiro atoms. The molecular weight excluding hydrogens is 276 g/mol. The first-order valence-corrected chi connectivity index (χ1v) is 6.66. The predicted octanol–water partition coefficient (Wildman–Crippen LogP) is 3.05. The maximum absolute atomic E-state index is 11.0. The third kappa shape index (κ3) is 5.29. The Labute approximate surface area is 123 Å². The number of rotatable bonds is 8. The van der Waals surface area contributed by atoms with E-state index in [1.54, 1.807) is 19.9 Å². The van der Waals surface area contributed by atoms with Crippen LogP contribution in [0.3, 0.4) is 0 Å². The van der Waals surface area contributed by atoms with E-state index >= 15 is 0 Å². The van der Waals surface area contributed by atoms with Crippen LogP contribution in [-0.4, -0.2) is 28.1 Å². The van der Waals surface area contributed by atoms with Crippen molar-refractivity contribution < 1.29 is 19.6 Å². The lowest BCUT2D eigenvalue weighted by atomic mass is 10.0. The maximum Gasteiger partial charge on any atom is 0.311 e. The van der Waals surface area contributed by atoms with Crippen LogP contribution < -0.4 is 10.1 Å². The molecule has 0 heterocycles. The van der Waals surface area contributed by atoms with Crippen molar-refractivity contribution in [1.82, 2.24) is 0 Å². The average molecular weight is 296 g/mol. The number of anilines is 1. The molecule has 0 radical (unpaired) electrons. The molecule has 21 heavy (non-hydrogen) atoms. The van der Waals surface area contributed by atoms with Crippen molar-refractivity contribution in [2.45, 2.75) is 39.2 Å². The molecule has 0 fully saturated rings. The number of carboxylic acids is 1. The summed E-state index contributed by atoms with van der Waals surface area (Å²) in [6.45, 7) is 5.77. The fourth-order valence-corrected chi connectivity index (χ4v) is 1.88. The molecule has 1 aromatic carbocycles. The smallest absolute Gasteiger partial charge is 0.311 e. The zero-order valence-corrected chi connectivity index (χ0v) is 12.4. The lowest BCUT2D eigenvalue weighted by molar-refractivity contribution is -0.385. The Bertz CT molecular complexity index is 528. The Kier molecular flexibility index (Phi) is 5.52. The van der Waals surface area contributed by atoms with Crippen LogP contribution in [0.15, 0.2) is 18.2 Å². The first-order chi connectivity index (χ1) is 9.75. The molecule has 0 aliphatic rings. The van der Waals surface area contributed by atoms with E-state index in [1.165, 1.54) is 12.1 Å². The molecule has 116 valence electrons. The van der Waals surface area contributed by atoms with E-state index in [0.717, 1.165) is 6.42 Å². The van der Waals surface area contributed by atoms with Crippen LogP contribution in [0.5, 0.6) is 5.75 Å². The number of carbonyl (C=O) groups is 1. The molecule has 0 amide bonds. The van der Waals surface area contributed by atoms with Gasteiger partial charge >= 0.3 is 11.7 Å². The number of aliphatic carboxylic acids is 1. The normalized spacial score (nSPS) is 11.0.